The third-order valence-corrected chi connectivity index (χ3v) is 3.62. The molecule has 0 aromatic heterocycles. The second-order valence-corrected chi connectivity index (χ2v) is 5.64. The van der Waals surface area contributed by atoms with Gasteiger partial charge in [-0.3, -0.25) is 4.79 Å². The van der Waals surface area contributed by atoms with Gasteiger partial charge in [0.05, 0.1) is 13.5 Å². The molecule has 0 unspecified atom stereocenters. The van der Waals surface area contributed by atoms with Crippen LogP contribution in [-0.4, -0.2) is 25.0 Å². The summed E-state index contributed by atoms with van der Waals surface area (Å²) in [7, 11) is 1.29. The van der Waals surface area contributed by atoms with E-state index in [1.807, 2.05) is 31.2 Å². The number of methoxy groups -OCH3 is 1. The van der Waals surface area contributed by atoms with Crippen molar-refractivity contribution in [3.8, 4) is 0 Å². The highest BCUT2D eigenvalue weighted by molar-refractivity contribution is 5.85. The first-order valence-corrected chi connectivity index (χ1v) is 7.65. The Labute approximate surface area is 140 Å². The van der Waals surface area contributed by atoms with Gasteiger partial charge in [0.1, 0.15) is 11.9 Å². The fourth-order valence-corrected chi connectivity index (χ4v) is 2.44. The van der Waals surface area contributed by atoms with E-state index in [2.05, 4.69) is 5.32 Å². The molecule has 0 saturated carbocycles. The molecular formula is C19H20FNO3. The zero-order valence-corrected chi connectivity index (χ0v) is 13.7. The summed E-state index contributed by atoms with van der Waals surface area (Å²) in [5.41, 5.74) is 2.69. The quantitative estimate of drug-likeness (QED) is 0.829. The number of benzene rings is 2. The minimum Gasteiger partial charge on any atom is -0.467 e. The molecule has 1 amide bonds. The first-order valence-electron chi connectivity index (χ1n) is 7.65. The van der Waals surface area contributed by atoms with Crippen LogP contribution in [0.1, 0.15) is 16.7 Å². The topological polar surface area (TPSA) is 55.4 Å². The van der Waals surface area contributed by atoms with Crippen LogP contribution in [0.5, 0.6) is 0 Å². The van der Waals surface area contributed by atoms with Gasteiger partial charge in [-0.2, -0.15) is 0 Å². The van der Waals surface area contributed by atoms with Gasteiger partial charge in [-0.25, -0.2) is 9.18 Å². The zero-order chi connectivity index (χ0) is 17.5. The highest BCUT2D eigenvalue weighted by Gasteiger charge is 2.22. The predicted octanol–water partition coefficient (Wildman–Crippen LogP) is 2.58. The normalized spacial score (nSPS) is 11.6. The van der Waals surface area contributed by atoms with Crippen LogP contribution in [0.25, 0.3) is 0 Å². The summed E-state index contributed by atoms with van der Waals surface area (Å²) in [4.78, 5) is 24.1. The van der Waals surface area contributed by atoms with Gasteiger partial charge in [-0.05, 0) is 30.2 Å². The van der Waals surface area contributed by atoms with Crippen LogP contribution in [0.15, 0.2) is 48.5 Å². The van der Waals surface area contributed by atoms with Crippen LogP contribution >= 0.6 is 0 Å². The lowest BCUT2D eigenvalue weighted by Gasteiger charge is -2.17. The fourth-order valence-electron chi connectivity index (χ4n) is 2.44. The average Bonchev–Trinajstić information content (AvgIpc) is 2.55. The number of hydrogen-bond acceptors (Lipinski definition) is 3. The molecule has 4 nitrogen and oxygen atoms in total. The highest BCUT2D eigenvalue weighted by Crippen LogP contribution is 2.09. The van der Waals surface area contributed by atoms with E-state index in [0.717, 1.165) is 11.1 Å². The van der Waals surface area contributed by atoms with E-state index in [4.69, 9.17) is 4.74 Å². The molecule has 24 heavy (non-hydrogen) atoms. The standard InChI is InChI=1S/C19H20FNO3/c1-13-4-3-5-15(10-13)11-17(19(23)24-2)21-18(22)12-14-6-8-16(20)9-7-14/h3-10,17H,11-12H2,1-2H3,(H,21,22)/t17-/m1/s1. The molecule has 0 aliphatic heterocycles. The van der Waals surface area contributed by atoms with E-state index in [1.165, 1.54) is 19.2 Å². The molecule has 2 rings (SSSR count). The van der Waals surface area contributed by atoms with Crippen LogP contribution in [-0.2, 0) is 27.2 Å². The fraction of sp³-hybridized carbons (Fsp3) is 0.263. The van der Waals surface area contributed by atoms with E-state index >= 15 is 0 Å². The summed E-state index contributed by atoms with van der Waals surface area (Å²) in [5, 5.41) is 2.69. The predicted molar refractivity (Wildman–Crippen MR) is 88.9 cm³/mol. The Kier molecular flexibility index (Phi) is 6.07. The Balaban J connectivity index is 2.03. The van der Waals surface area contributed by atoms with Crippen molar-refractivity contribution in [1.82, 2.24) is 5.32 Å². The molecule has 0 aliphatic carbocycles. The molecule has 2 aromatic rings. The molecule has 0 spiro atoms. The molecule has 0 aliphatic rings. The van der Waals surface area contributed by atoms with Gasteiger partial charge >= 0.3 is 5.97 Å². The zero-order valence-electron chi connectivity index (χ0n) is 13.7. The maximum Gasteiger partial charge on any atom is 0.328 e. The SMILES string of the molecule is COC(=O)[C@@H](Cc1cccc(C)c1)NC(=O)Cc1ccc(F)cc1. The van der Waals surface area contributed by atoms with E-state index in [1.54, 1.807) is 12.1 Å². The number of rotatable bonds is 6. The van der Waals surface area contributed by atoms with Gasteiger partial charge in [0.15, 0.2) is 0 Å². The molecule has 1 atom stereocenters. The number of hydrogen-bond donors (Lipinski definition) is 1. The third-order valence-electron chi connectivity index (χ3n) is 3.62. The smallest absolute Gasteiger partial charge is 0.328 e. The van der Waals surface area contributed by atoms with Crippen LogP contribution in [0.4, 0.5) is 4.39 Å². The van der Waals surface area contributed by atoms with Crippen molar-refractivity contribution in [2.24, 2.45) is 0 Å². The second-order valence-electron chi connectivity index (χ2n) is 5.64. The van der Waals surface area contributed by atoms with Gasteiger partial charge in [-0.15, -0.1) is 0 Å². The number of nitrogens with one attached hydrogen (secondary N) is 1. The molecule has 5 heteroatoms. The number of aryl methyl sites for hydroxylation is 1. The number of carbonyl (C=O) groups is 2. The lowest BCUT2D eigenvalue weighted by molar-refractivity contribution is -0.145. The molecule has 0 saturated heterocycles. The van der Waals surface area contributed by atoms with Gasteiger partial charge in [-0.1, -0.05) is 42.0 Å². The summed E-state index contributed by atoms with van der Waals surface area (Å²) >= 11 is 0. The molecule has 1 N–H and O–H groups in total. The minimum absolute atomic E-state index is 0.0710. The number of carbonyl (C=O) groups excluding carboxylic acids is 2. The molecule has 2 aromatic carbocycles. The minimum atomic E-state index is -0.759. The number of ether oxygens (including phenoxy) is 1. The van der Waals surface area contributed by atoms with E-state index < -0.39 is 12.0 Å². The Bertz CT molecular complexity index is 713. The summed E-state index contributed by atoms with van der Waals surface area (Å²) in [6.45, 7) is 1.96. The lowest BCUT2D eigenvalue weighted by Crippen LogP contribution is -2.43. The van der Waals surface area contributed by atoms with Gasteiger partial charge in [0, 0.05) is 6.42 Å². The maximum absolute atomic E-state index is 12.9. The van der Waals surface area contributed by atoms with Crippen molar-refractivity contribution in [3.05, 3.63) is 71.0 Å². The van der Waals surface area contributed by atoms with E-state index in [0.29, 0.717) is 12.0 Å². The maximum atomic E-state index is 12.9. The summed E-state index contributed by atoms with van der Waals surface area (Å²) in [5.74, 6) is -1.17. The Morgan fingerprint density at radius 1 is 1.12 bits per heavy atom. The lowest BCUT2D eigenvalue weighted by atomic mass is 10.0. The molecule has 0 bridgehead atoms. The van der Waals surface area contributed by atoms with Crippen LogP contribution in [0, 0.1) is 12.7 Å². The Hall–Kier alpha value is -2.69. The molecule has 0 heterocycles. The third kappa shape index (κ3) is 5.19. The monoisotopic (exact) mass is 329 g/mol. The van der Waals surface area contributed by atoms with Crippen molar-refractivity contribution in [2.75, 3.05) is 7.11 Å². The highest BCUT2D eigenvalue weighted by atomic mass is 19.1. The van der Waals surface area contributed by atoms with Gasteiger partial charge in [0.25, 0.3) is 0 Å². The van der Waals surface area contributed by atoms with Crippen molar-refractivity contribution >= 4 is 11.9 Å². The van der Waals surface area contributed by atoms with Gasteiger partial charge < -0.3 is 10.1 Å². The van der Waals surface area contributed by atoms with Gasteiger partial charge in [0.2, 0.25) is 5.91 Å². The van der Waals surface area contributed by atoms with Crippen LogP contribution in [0.3, 0.4) is 0 Å². The first kappa shape index (κ1) is 17.7. The molecule has 0 radical (unpaired) electrons. The van der Waals surface area contributed by atoms with Crippen molar-refractivity contribution in [3.63, 3.8) is 0 Å². The largest absolute Gasteiger partial charge is 0.467 e. The van der Waals surface area contributed by atoms with Crippen molar-refractivity contribution in [1.29, 1.82) is 0 Å². The van der Waals surface area contributed by atoms with Crippen molar-refractivity contribution < 1.29 is 18.7 Å². The summed E-state index contributed by atoms with van der Waals surface area (Å²) < 4.78 is 17.7. The Morgan fingerprint density at radius 2 is 1.83 bits per heavy atom. The number of halogens is 1. The molecule has 126 valence electrons. The van der Waals surface area contributed by atoms with E-state index in [9.17, 15) is 14.0 Å². The number of amides is 1. The summed E-state index contributed by atoms with van der Waals surface area (Å²) in [6, 6.07) is 12.6. The van der Waals surface area contributed by atoms with Crippen LogP contribution < -0.4 is 5.32 Å². The first-order chi connectivity index (χ1) is 11.5. The Morgan fingerprint density at radius 3 is 2.46 bits per heavy atom. The number of esters is 1. The van der Waals surface area contributed by atoms with Crippen LogP contribution in [0.2, 0.25) is 0 Å². The second kappa shape index (κ2) is 8.24. The molecular weight excluding hydrogens is 309 g/mol. The van der Waals surface area contributed by atoms with E-state index in [-0.39, 0.29) is 18.1 Å². The van der Waals surface area contributed by atoms with Crippen molar-refractivity contribution in [2.45, 2.75) is 25.8 Å². The average molecular weight is 329 g/mol. The summed E-state index contributed by atoms with van der Waals surface area (Å²) in [6.07, 6.45) is 0.422. The molecule has 0 fully saturated rings.